The Hall–Kier alpha value is -2.64. The van der Waals surface area contributed by atoms with Gasteiger partial charge in [-0.3, -0.25) is 4.79 Å². The molecule has 0 N–H and O–H groups in total. The number of likely N-dealkylation sites (N-methyl/N-ethyl adjacent to an activating group) is 1. The van der Waals surface area contributed by atoms with E-state index >= 15 is 0 Å². The number of thiophene rings is 1. The minimum Gasteiger partial charge on any atom is -0.452 e. The topological polar surface area (TPSA) is 64.4 Å². The van der Waals surface area contributed by atoms with Gasteiger partial charge in [-0.2, -0.15) is 5.10 Å². The van der Waals surface area contributed by atoms with Crippen molar-refractivity contribution in [3.8, 4) is 5.69 Å². The molecule has 1 aromatic carbocycles. The average molecular weight is 418 g/mol. The number of amides is 1. The third kappa shape index (κ3) is 4.79. The number of carbonyl (C=O) groups excluding carboxylic acids is 2. The van der Waals surface area contributed by atoms with Crippen LogP contribution in [0.4, 0.5) is 0 Å². The Morgan fingerprint density at radius 2 is 1.93 bits per heavy atom. The van der Waals surface area contributed by atoms with Crippen LogP contribution in [0.2, 0.25) is 4.34 Å². The Kier molecular flexibility index (Phi) is 6.49. The Bertz CT molecular complexity index is 965. The fraction of sp³-hybridized carbons (Fsp3) is 0.250. The molecule has 8 heteroatoms. The van der Waals surface area contributed by atoms with Crippen LogP contribution in [-0.2, 0) is 16.1 Å². The summed E-state index contributed by atoms with van der Waals surface area (Å²) in [4.78, 5) is 27.2. The zero-order chi connectivity index (χ0) is 20.1. The van der Waals surface area contributed by atoms with E-state index in [1.807, 2.05) is 26.0 Å². The van der Waals surface area contributed by atoms with Crippen LogP contribution < -0.4 is 0 Å². The molecule has 0 aliphatic carbocycles. The number of esters is 1. The highest BCUT2D eigenvalue weighted by molar-refractivity contribution is 7.16. The van der Waals surface area contributed by atoms with E-state index in [1.54, 1.807) is 46.1 Å². The van der Waals surface area contributed by atoms with Crippen LogP contribution >= 0.6 is 22.9 Å². The summed E-state index contributed by atoms with van der Waals surface area (Å²) < 4.78 is 7.65. The lowest BCUT2D eigenvalue weighted by atomic mass is 10.2. The molecule has 0 aliphatic rings. The van der Waals surface area contributed by atoms with Gasteiger partial charge in [-0.15, -0.1) is 11.3 Å². The van der Waals surface area contributed by atoms with E-state index < -0.39 is 5.97 Å². The standard InChI is InChI=1S/C20H20ClN3O3S/c1-3-23(12-17-8-9-18(21)28-17)19(25)13-27-20(26)15-4-6-16(7-5-15)24-14(2)10-11-22-24/h4-11H,3,12-13H2,1-2H3. The molecule has 0 spiro atoms. The lowest BCUT2D eigenvalue weighted by Gasteiger charge is -2.20. The molecule has 0 saturated heterocycles. The van der Waals surface area contributed by atoms with E-state index in [-0.39, 0.29) is 12.5 Å². The van der Waals surface area contributed by atoms with Gasteiger partial charge < -0.3 is 9.64 Å². The molecule has 0 unspecified atom stereocenters. The molecule has 3 rings (SSSR count). The first-order valence-corrected chi connectivity index (χ1v) is 9.97. The Balaban J connectivity index is 1.56. The first kappa shape index (κ1) is 20.1. The number of ether oxygens (including phenoxy) is 1. The third-order valence-corrected chi connectivity index (χ3v) is 5.43. The van der Waals surface area contributed by atoms with Crippen LogP contribution in [-0.4, -0.2) is 39.7 Å². The quantitative estimate of drug-likeness (QED) is 0.543. The summed E-state index contributed by atoms with van der Waals surface area (Å²) in [5.41, 5.74) is 2.23. The van der Waals surface area contributed by atoms with Gasteiger partial charge in [-0.1, -0.05) is 11.6 Å². The summed E-state index contributed by atoms with van der Waals surface area (Å²) in [6, 6.07) is 12.5. The van der Waals surface area contributed by atoms with Crippen molar-refractivity contribution in [1.29, 1.82) is 0 Å². The minimum atomic E-state index is -0.535. The molecule has 2 aromatic heterocycles. The summed E-state index contributed by atoms with van der Waals surface area (Å²) in [7, 11) is 0. The van der Waals surface area contributed by atoms with E-state index in [2.05, 4.69) is 5.10 Å². The summed E-state index contributed by atoms with van der Waals surface area (Å²) in [5, 5.41) is 4.23. The fourth-order valence-electron chi connectivity index (χ4n) is 2.68. The largest absolute Gasteiger partial charge is 0.452 e. The van der Waals surface area contributed by atoms with Crippen molar-refractivity contribution in [3.05, 3.63) is 69.1 Å². The van der Waals surface area contributed by atoms with Gasteiger partial charge in [0.15, 0.2) is 6.61 Å². The van der Waals surface area contributed by atoms with Crippen LogP contribution in [0.5, 0.6) is 0 Å². The summed E-state index contributed by atoms with van der Waals surface area (Å²) in [6.45, 7) is 4.49. The highest BCUT2D eigenvalue weighted by atomic mass is 35.5. The normalized spacial score (nSPS) is 10.7. The lowest BCUT2D eigenvalue weighted by Crippen LogP contribution is -2.33. The maximum atomic E-state index is 12.4. The number of nitrogens with zero attached hydrogens (tertiary/aromatic N) is 3. The first-order valence-electron chi connectivity index (χ1n) is 8.78. The second-order valence-corrected chi connectivity index (χ2v) is 7.92. The molecule has 0 bridgehead atoms. The van der Waals surface area contributed by atoms with Gasteiger partial charge in [0.2, 0.25) is 0 Å². The highest BCUT2D eigenvalue weighted by Gasteiger charge is 2.16. The molecule has 1 amide bonds. The second kappa shape index (κ2) is 9.03. The van der Waals surface area contributed by atoms with Crippen LogP contribution in [0.1, 0.15) is 27.9 Å². The van der Waals surface area contributed by atoms with Gasteiger partial charge in [-0.25, -0.2) is 9.48 Å². The molecule has 0 aliphatic heterocycles. The highest BCUT2D eigenvalue weighted by Crippen LogP contribution is 2.22. The summed E-state index contributed by atoms with van der Waals surface area (Å²) in [5.74, 6) is -0.781. The number of hydrogen-bond donors (Lipinski definition) is 0. The van der Waals surface area contributed by atoms with E-state index in [0.29, 0.717) is 23.0 Å². The van der Waals surface area contributed by atoms with Crippen molar-refractivity contribution >= 4 is 34.8 Å². The predicted molar refractivity (Wildman–Crippen MR) is 109 cm³/mol. The molecular weight excluding hydrogens is 398 g/mol. The number of benzene rings is 1. The molecular formula is C20H20ClN3O3S. The zero-order valence-electron chi connectivity index (χ0n) is 15.6. The van der Waals surface area contributed by atoms with Crippen LogP contribution in [0.15, 0.2) is 48.7 Å². The fourth-order valence-corrected chi connectivity index (χ4v) is 3.78. The Morgan fingerprint density at radius 3 is 2.50 bits per heavy atom. The first-order chi connectivity index (χ1) is 13.5. The van der Waals surface area contributed by atoms with E-state index in [1.165, 1.54) is 11.3 Å². The number of halogens is 1. The molecule has 146 valence electrons. The average Bonchev–Trinajstić information content (AvgIpc) is 3.31. The molecule has 0 fully saturated rings. The number of carbonyl (C=O) groups is 2. The summed E-state index contributed by atoms with van der Waals surface area (Å²) >= 11 is 7.36. The maximum Gasteiger partial charge on any atom is 0.338 e. The van der Waals surface area contributed by atoms with E-state index in [4.69, 9.17) is 16.3 Å². The van der Waals surface area contributed by atoms with E-state index in [9.17, 15) is 9.59 Å². The Labute approximate surface area is 172 Å². The molecule has 6 nitrogen and oxygen atoms in total. The zero-order valence-corrected chi connectivity index (χ0v) is 17.2. The second-order valence-electron chi connectivity index (χ2n) is 6.12. The van der Waals surface area contributed by atoms with E-state index in [0.717, 1.165) is 16.3 Å². The van der Waals surface area contributed by atoms with Gasteiger partial charge in [0.1, 0.15) is 0 Å². The van der Waals surface area contributed by atoms with Crippen LogP contribution in [0, 0.1) is 6.92 Å². The number of aryl methyl sites for hydroxylation is 1. The van der Waals surface area contributed by atoms with Crippen molar-refractivity contribution in [2.24, 2.45) is 0 Å². The van der Waals surface area contributed by atoms with Crippen molar-refractivity contribution in [2.45, 2.75) is 20.4 Å². The third-order valence-electron chi connectivity index (χ3n) is 4.22. The monoisotopic (exact) mass is 417 g/mol. The van der Waals surface area contributed by atoms with Crippen LogP contribution in [0.25, 0.3) is 5.69 Å². The van der Waals surface area contributed by atoms with Crippen molar-refractivity contribution < 1.29 is 14.3 Å². The van der Waals surface area contributed by atoms with Crippen molar-refractivity contribution in [3.63, 3.8) is 0 Å². The van der Waals surface area contributed by atoms with Gasteiger partial charge in [0, 0.05) is 23.3 Å². The van der Waals surface area contributed by atoms with Gasteiger partial charge in [0.05, 0.1) is 22.1 Å². The van der Waals surface area contributed by atoms with Gasteiger partial charge in [-0.05, 0) is 56.3 Å². The maximum absolute atomic E-state index is 12.4. The molecule has 3 aromatic rings. The predicted octanol–water partition coefficient (Wildman–Crippen LogP) is 4.10. The van der Waals surface area contributed by atoms with Crippen molar-refractivity contribution in [2.75, 3.05) is 13.2 Å². The van der Waals surface area contributed by atoms with Gasteiger partial charge >= 0.3 is 5.97 Å². The summed E-state index contributed by atoms with van der Waals surface area (Å²) in [6.07, 6.45) is 1.72. The minimum absolute atomic E-state index is 0.246. The van der Waals surface area contributed by atoms with Crippen LogP contribution in [0.3, 0.4) is 0 Å². The smallest absolute Gasteiger partial charge is 0.338 e. The molecule has 2 heterocycles. The Morgan fingerprint density at radius 1 is 1.18 bits per heavy atom. The molecule has 0 saturated carbocycles. The number of rotatable bonds is 7. The van der Waals surface area contributed by atoms with Gasteiger partial charge in [0.25, 0.3) is 5.91 Å². The number of aromatic nitrogens is 2. The van der Waals surface area contributed by atoms with Crippen molar-refractivity contribution in [1.82, 2.24) is 14.7 Å². The SMILES string of the molecule is CCN(Cc1ccc(Cl)s1)C(=O)COC(=O)c1ccc(-n2nccc2C)cc1. The molecule has 0 atom stereocenters. The lowest BCUT2D eigenvalue weighted by molar-refractivity contribution is -0.134. The molecule has 28 heavy (non-hydrogen) atoms. The number of hydrogen-bond acceptors (Lipinski definition) is 5. The molecule has 0 radical (unpaired) electrons.